The van der Waals surface area contributed by atoms with Crippen LogP contribution in [0.3, 0.4) is 0 Å². The van der Waals surface area contributed by atoms with Gasteiger partial charge >= 0.3 is 5.97 Å². The van der Waals surface area contributed by atoms with Gasteiger partial charge in [-0.3, -0.25) is 9.59 Å². The third-order valence-electron chi connectivity index (χ3n) is 4.12. The van der Waals surface area contributed by atoms with Crippen LogP contribution in [-0.4, -0.2) is 17.0 Å². The minimum atomic E-state index is -0.405. The topological polar surface area (TPSA) is 81.4 Å². The van der Waals surface area contributed by atoms with Crippen LogP contribution in [0.25, 0.3) is 11.3 Å². The van der Waals surface area contributed by atoms with Crippen molar-refractivity contribution in [3.8, 4) is 11.3 Å². The first-order valence-corrected chi connectivity index (χ1v) is 8.65. The van der Waals surface area contributed by atoms with E-state index in [2.05, 4.69) is 10.5 Å². The van der Waals surface area contributed by atoms with E-state index in [9.17, 15) is 14.0 Å². The molecule has 144 valence electrons. The first-order chi connectivity index (χ1) is 13.4. The highest BCUT2D eigenvalue weighted by Gasteiger charge is 2.15. The molecule has 7 heteroatoms. The van der Waals surface area contributed by atoms with Crippen molar-refractivity contribution in [1.82, 2.24) is 5.16 Å². The highest BCUT2D eigenvalue weighted by Crippen LogP contribution is 2.26. The van der Waals surface area contributed by atoms with Gasteiger partial charge in [-0.2, -0.15) is 0 Å². The summed E-state index contributed by atoms with van der Waals surface area (Å²) in [6.07, 6.45) is 0.0993. The second-order valence-corrected chi connectivity index (χ2v) is 6.31. The molecule has 28 heavy (non-hydrogen) atoms. The van der Waals surface area contributed by atoms with Crippen LogP contribution in [0.1, 0.15) is 23.7 Å². The summed E-state index contributed by atoms with van der Waals surface area (Å²) in [6, 6.07) is 12.8. The smallest absolute Gasteiger partial charge is 0.310 e. The zero-order chi connectivity index (χ0) is 20.1. The van der Waals surface area contributed by atoms with Crippen molar-refractivity contribution in [2.75, 3.05) is 5.32 Å². The van der Waals surface area contributed by atoms with Crippen molar-refractivity contribution >= 4 is 17.6 Å². The number of halogens is 1. The second-order valence-electron chi connectivity index (χ2n) is 6.31. The number of nitrogens with one attached hydrogen (secondary N) is 1. The average Bonchev–Trinajstić information content (AvgIpc) is 3.02. The Morgan fingerprint density at radius 3 is 2.43 bits per heavy atom. The number of ether oxygens (including phenoxy) is 1. The number of esters is 1. The molecular weight excluding hydrogens is 363 g/mol. The molecule has 0 saturated carbocycles. The average molecular weight is 382 g/mol. The third-order valence-corrected chi connectivity index (χ3v) is 4.12. The fraction of sp³-hybridized carbons (Fsp3) is 0.190. The fourth-order valence-corrected chi connectivity index (χ4v) is 2.65. The molecule has 3 aromatic rings. The molecule has 1 heterocycles. The molecule has 0 atom stereocenters. The van der Waals surface area contributed by atoms with E-state index in [1.165, 1.54) is 19.1 Å². The first-order valence-electron chi connectivity index (χ1n) is 8.65. The number of carbonyl (C=O) groups is 2. The van der Waals surface area contributed by atoms with Crippen molar-refractivity contribution in [2.24, 2.45) is 0 Å². The number of hydrogen-bond acceptors (Lipinski definition) is 5. The lowest BCUT2D eigenvalue weighted by Gasteiger charge is -2.05. The van der Waals surface area contributed by atoms with Crippen molar-refractivity contribution in [3.05, 3.63) is 71.2 Å². The molecule has 0 aliphatic heterocycles. The lowest BCUT2D eigenvalue weighted by molar-refractivity contribution is -0.144. The van der Waals surface area contributed by atoms with Gasteiger partial charge in [0.05, 0.1) is 6.42 Å². The summed E-state index contributed by atoms with van der Waals surface area (Å²) in [6.45, 7) is 3.22. The zero-order valence-corrected chi connectivity index (χ0v) is 15.5. The summed E-state index contributed by atoms with van der Waals surface area (Å²) >= 11 is 0. The molecular formula is C21H19FN2O4. The normalized spacial score (nSPS) is 10.5. The lowest BCUT2D eigenvalue weighted by atomic mass is 10.1. The third kappa shape index (κ3) is 4.82. The first kappa shape index (κ1) is 19.3. The van der Waals surface area contributed by atoms with E-state index in [1.807, 2.05) is 0 Å². The Labute approximate surface area is 161 Å². The molecule has 6 nitrogen and oxygen atoms in total. The fourth-order valence-electron chi connectivity index (χ4n) is 2.65. The van der Waals surface area contributed by atoms with E-state index >= 15 is 0 Å². The van der Waals surface area contributed by atoms with Gasteiger partial charge in [0.1, 0.15) is 18.1 Å². The molecule has 0 bridgehead atoms. The van der Waals surface area contributed by atoms with Gasteiger partial charge in [-0.15, -0.1) is 0 Å². The number of anilines is 1. The van der Waals surface area contributed by atoms with E-state index in [4.69, 9.17) is 9.26 Å². The molecule has 1 N–H and O–H groups in total. The van der Waals surface area contributed by atoms with Gasteiger partial charge in [-0.1, -0.05) is 17.3 Å². The highest BCUT2D eigenvalue weighted by molar-refractivity contribution is 5.88. The molecule has 3 rings (SSSR count). The number of rotatable bonds is 6. The van der Waals surface area contributed by atoms with Crippen molar-refractivity contribution < 1.29 is 23.2 Å². The van der Waals surface area contributed by atoms with Gasteiger partial charge in [0.2, 0.25) is 5.91 Å². The van der Waals surface area contributed by atoms with Crippen LogP contribution in [0.4, 0.5) is 10.1 Å². The maximum absolute atomic E-state index is 13.1. The monoisotopic (exact) mass is 382 g/mol. The summed E-state index contributed by atoms with van der Waals surface area (Å²) < 4.78 is 23.7. The molecule has 0 unspecified atom stereocenters. The Morgan fingerprint density at radius 2 is 1.79 bits per heavy atom. The van der Waals surface area contributed by atoms with Gasteiger partial charge in [-0.25, -0.2) is 4.39 Å². The Bertz CT molecular complexity index is 979. The van der Waals surface area contributed by atoms with E-state index in [-0.39, 0.29) is 24.8 Å². The van der Waals surface area contributed by atoms with Gasteiger partial charge in [0.15, 0.2) is 5.76 Å². The van der Waals surface area contributed by atoms with Gasteiger partial charge in [0, 0.05) is 23.7 Å². The Kier molecular flexibility index (Phi) is 5.84. The standard InChI is InChI=1S/C21H19FN2O4/c1-13-19(24-28-21(13)16-5-7-17(22)8-6-16)12-27-20(26)11-15-3-9-18(10-4-15)23-14(2)25/h3-10H,11-12H2,1-2H3,(H,23,25). The predicted molar refractivity (Wildman–Crippen MR) is 101 cm³/mol. The highest BCUT2D eigenvalue weighted by atomic mass is 19.1. The number of aromatic nitrogens is 1. The summed E-state index contributed by atoms with van der Waals surface area (Å²) in [4.78, 5) is 23.1. The van der Waals surface area contributed by atoms with Crippen LogP contribution in [0.15, 0.2) is 53.1 Å². The van der Waals surface area contributed by atoms with Gasteiger partial charge < -0.3 is 14.6 Å². The second kappa shape index (κ2) is 8.47. The zero-order valence-electron chi connectivity index (χ0n) is 15.5. The van der Waals surface area contributed by atoms with Gasteiger partial charge in [0.25, 0.3) is 0 Å². The van der Waals surface area contributed by atoms with Crippen molar-refractivity contribution in [2.45, 2.75) is 26.9 Å². The van der Waals surface area contributed by atoms with Crippen LogP contribution in [0.2, 0.25) is 0 Å². The minimum absolute atomic E-state index is 0.0145. The number of benzene rings is 2. The number of hydrogen-bond donors (Lipinski definition) is 1. The van der Waals surface area contributed by atoms with Crippen molar-refractivity contribution in [1.29, 1.82) is 0 Å². The van der Waals surface area contributed by atoms with Crippen LogP contribution >= 0.6 is 0 Å². The molecule has 0 saturated heterocycles. The summed E-state index contributed by atoms with van der Waals surface area (Å²) in [7, 11) is 0. The van der Waals surface area contributed by atoms with Gasteiger partial charge in [-0.05, 0) is 48.9 Å². The summed E-state index contributed by atoms with van der Waals surface area (Å²) in [5, 5.41) is 6.61. The number of amides is 1. The number of carbonyl (C=O) groups excluding carboxylic acids is 2. The maximum atomic E-state index is 13.1. The molecule has 1 aromatic heterocycles. The Balaban J connectivity index is 1.57. The van der Waals surface area contributed by atoms with E-state index in [1.54, 1.807) is 43.3 Å². The Hall–Kier alpha value is -3.48. The molecule has 2 aromatic carbocycles. The summed E-state index contributed by atoms with van der Waals surface area (Å²) in [5.41, 5.74) is 3.37. The minimum Gasteiger partial charge on any atom is -0.459 e. The predicted octanol–water partition coefficient (Wildman–Crippen LogP) is 4.03. The molecule has 1 amide bonds. The number of nitrogens with zero attached hydrogens (tertiary/aromatic N) is 1. The molecule has 0 aliphatic carbocycles. The largest absolute Gasteiger partial charge is 0.459 e. The lowest BCUT2D eigenvalue weighted by Crippen LogP contribution is -2.09. The molecule has 0 fully saturated rings. The maximum Gasteiger partial charge on any atom is 0.310 e. The van der Waals surface area contributed by atoms with Crippen molar-refractivity contribution in [3.63, 3.8) is 0 Å². The van der Waals surface area contributed by atoms with E-state index in [0.717, 1.165) is 11.1 Å². The molecule has 0 spiro atoms. The van der Waals surface area contributed by atoms with Crippen LogP contribution in [0, 0.1) is 12.7 Å². The van der Waals surface area contributed by atoms with Crippen LogP contribution in [-0.2, 0) is 27.4 Å². The quantitative estimate of drug-likeness (QED) is 0.651. The van der Waals surface area contributed by atoms with Crippen LogP contribution in [0.5, 0.6) is 0 Å². The van der Waals surface area contributed by atoms with Crippen LogP contribution < -0.4 is 5.32 Å². The van der Waals surface area contributed by atoms with E-state index < -0.39 is 5.97 Å². The Morgan fingerprint density at radius 1 is 1.11 bits per heavy atom. The SMILES string of the molecule is CC(=O)Nc1ccc(CC(=O)OCc2noc(-c3ccc(F)cc3)c2C)cc1. The molecule has 0 radical (unpaired) electrons. The molecule has 0 aliphatic rings. The summed E-state index contributed by atoms with van der Waals surface area (Å²) in [5.74, 6) is -0.382. The van der Waals surface area contributed by atoms with E-state index in [0.29, 0.717) is 22.7 Å².